The van der Waals surface area contributed by atoms with Crippen LogP contribution in [0.4, 0.5) is 5.82 Å². The van der Waals surface area contributed by atoms with Gasteiger partial charge in [0.2, 0.25) is 5.91 Å². The van der Waals surface area contributed by atoms with Gasteiger partial charge in [-0.2, -0.15) is 0 Å². The van der Waals surface area contributed by atoms with E-state index in [2.05, 4.69) is 29.0 Å². The van der Waals surface area contributed by atoms with E-state index < -0.39 is 0 Å². The summed E-state index contributed by atoms with van der Waals surface area (Å²) in [5, 5.41) is 1.16. The zero-order chi connectivity index (χ0) is 20.5. The van der Waals surface area contributed by atoms with Gasteiger partial charge in [0.1, 0.15) is 0 Å². The molecular formula is C22H22N4O3. The van der Waals surface area contributed by atoms with Crippen molar-refractivity contribution in [2.75, 3.05) is 18.6 Å². The van der Waals surface area contributed by atoms with E-state index in [0.29, 0.717) is 18.1 Å². The lowest BCUT2D eigenvalue weighted by molar-refractivity contribution is -0.125. The molecule has 0 atom stereocenters. The SMILES string of the molecule is Cc1cc2[nH]cc(C)c2cc1CN(C)C(=O)C=CN1C(=O)COc2cccnc21. The monoisotopic (exact) mass is 390 g/mol. The summed E-state index contributed by atoms with van der Waals surface area (Å²) >= 11 is 0. The summed E-state index contributed by atoms with van der Waals surface area (Å²) in [6.45, 7) is 4.48. The highest BCUT2D eigenvalue weighted by Crippen LogP contribution is 2.29. The summed E-state index contributed by atoms with van der Waals surface area (Å²) in [7, 11) is 1.74. The molecule has 148 valence electrons. The van der Waals surface area contributed by atoms with Crippen LogP contribution >= 0.6 is 0 Å². The van der Waals surface area contributed by atoms with Crippen LogP contribution in [0.1, 0.15) is 16.7 Å². The first-order valence-corrected chi connectivity index (χ1v) is 9.34. The minimum atomic E-state index is -0.271. The number of carbonyl (C=O) groups is 2. The highest BCUT2D eigenvalue weighted by Gasteiger charge is 2.25. The van der Waals surface area contributed by atoms with Gasteiger partial charge in [0.25, 0.3) is 5.91 Å². The summed E-state index contributed by atoms with van der Waals surface area (Å²) < 4.78 is 5.36. The number of hydrogen-bond acceptors (Lipinski definition) is 4. The molecule has 0 spiro atoms. The molecule has 7 heteroatoms. The average Bonchev–Trinajstić information content (AvgIpc) is 3.06. The van der Waals surface area contributed by atoms with E-state index in [1.165, 1.54) is 22.7 Å². The van der Waals surface area contributed by atoms with Crippen molar-refractivity contribution >= 4 is 28.5 Å². The molecule has 7 nitrogen and oxygen atoms in total. The van der Waals surface area contributed by atoms with Gasteiger partial charge in [-0.1, -0.05) is 0 Å². The molecule has 3 heterocycles. The van der Waals surface area contributed by atoms with Gasteiger partial charge in [-0.05, 0) is 54.8 Å². The molecule has 4 rings (SSSR count). The number of rotatable bonds is 4. The van der Waals surface area contributed by atoms with E-state index in [1.807, 2.05) is 13.1 Å². The van der Waals surface area contributed by atoms with E-state index >= 15 is 0 Å². The Kier molecular flexibility index (Phi) is 4.80. The first-order valence-electron chi connectivity index (χ1n) is 9.34. The number of nitrogens with one attached hydrogen (secondary N) is 1. The number of likely N-dealkylation sites (N-methyl/N-ethyl adjacent to an activating group) is 1. The number of aromatic amines is 1. The number of anilines is 1. The second kappa shape index (κ2) is 7.43. The molecule has 0 unspecified atom stereocenters. The number of fused-ring (bicyclic) bond motifs is 2. The second-order valence-corrected chi connectivity index (χ2v) is 7.18. The van der Waals surface area contributed by atoms with Gasteiger partial charge < -0.3 is 14.6 Å². The van der Waals surface area contributed by atoms with Gasteiger partial charge in [0.05, 0.1) is 0 Å². The van der Waals surface area contributed by atoms with Crippen molar-refractivity contribution in [3.63, 3.8) is 0 Å². The van der Waals surface area contributed by atoms with Crippen molar-refractivity contribution in [1.29, 1.82) is 0 Å². The highest BCUT2D eigenvalue weighted by atomic mass is 16.5. The van der Waals surface area contributed by atoms with E-state index in [0.717, 1.165) is 22.0 Å². The molecule has 2 aromatic heterocycles. The number of aryl methyl sites for hydroxylation is 2. The minimum Gasteiger partial charge on any atom is -0.480 e. The number of H-pyrrole nitrogens is 1. The van der Waals surface area contributed by atoms with Crippen LogP contribution < -0.4 is 9.64 Å². The predicted octanol–water partition coefficient (Wildman–Crippen LogP) is 3.08. The van der Waals surface area contributed by atoms with Gasteiger partial charge in [0, 0.05) is 49.2 Å². The number of carbonyl (C=O) groups excluding carboxylic acids is 2. The number of aromatic nitrogens is 2. The smallest absolute Gasteiger partial charge is 0.270 e. The van der Waals surface area contributed by atoms with Gasteiger partial charge in [-0.25, -0.2) is 4.98 Å². The Morgan fingerprint density at radius 3 is 3.00 bits per heavy atom. The molecule has 0 fully saturated rings. The first-order chi connectivity index (χ1) is 13.9. The molecule has 1 aromatic carbocycles. The molecule has 0 saturated carbocycles. The first kappa shape index (κ1) is 18.7. The fourth-order valence-electron chi connectivity index (χ4n) is 3.39. The topological polar surface area (TPSA) is 78.5 Å². The fraction of sp³-hybridized carbons (Fsp3) is 0.227. The van der Waals surface area contributed by atoms with Crippen molar-refractivity contribution in [3.8, 4) is 5.75 Å². The van der Waals surface area contributed by atoms with Crippen molar-refractivity contribution < 1.29 is 14.3 Å². The summed E-state index contributed by atoms with van der Waals surface area (Å²) in [4.78, 5) is 35.2. The Bertz CT molecular complexity index is 1130. The molecular weight excluding hydrogens is 368 g/mol. The van der Waals surface area contributed by atoms with E-state index in [4.69, 9.17) is 4.74 Å². The van der Waals surface area contributed by atoms with Crippen molar-refractivity contribution in [2.24, 2.45) is 0 Å². The molecule has 1 aliphatic rings. The molecule has 0 saturated heterocycles. The summed E-state index contributed by atoms with van der Waals surface area (Å²) in [5.74, 6) is 0.433. The highest BCUT2D eigenvalue weighted by molar-refractivity contribution is 5.99. The molecule has 0 bridgehead atoms. The molecule has 0 radical (unpaired) electrons. The van der Waals surface area contributed by atoms with Crippen LogP contribution in [0, 0.1) is 13.8 Å². The summed E-state index contributed by atoms with van der Waals surface area (Å²) in [6.07, 6.45) is 6.41. The van der Waals surface area contributed by atoms with Gasteiger partial charge in [0.15, 0.2) is 18.2 Å². The largest absolute Gasteiger partial charge is 0.480 e. The van der Waals surface area contributed by atoms with E-state index in [9.17, 15) is 9.59 Å². The normalized spacial score (nSPS) is 13.6. The zero-order valence-electron chi connectivity index (χ0n) is 16.6. The van der Waals surface area contributed by atoms with Crippen molar-refractivity contribution in [3.05, 3.63) is 65.6 Å². The molecule has 2 amide bonds. The standard InChI is InChI=1S/C22H22N4O3/c1-14-9-18-17(15(2)11-24-18)10-16(14)12-25(3)20(27)6-8-26-21(28)13-29-19-5-4-7-23-22(19)26/h4-11,24H,12-13H2,1-3H3. The summed E-state index contributed by atoms with van der Waals surface area (Å²) in [5.41, 5.74) is 4.46. The third-order valence-electron chi connectivity index (χ3n) is 5.09. The van der Waals surface area contributed by atoms with Crippen LogP contribution in [-0.4, -0.2) is 40.3 Å². The quantitative estimate of drug-likeness (QED) is 0.695. The molecule has 0 aliphatic carbocycles. The van der Waals surface area contributed by atoms with Crippen LogP contribution in [0.2, 0.25) is 0 Å². The van der Waals surface area contributed by atoms with Gasteiger partial charge in [-0.15, -0.1) is 0 Å². The van der Waals surface area contributed by atoms with Crippen LogP contribution in [0.15, 0.2) is 48.9 Å². The average molecular weight is 390 g/mol. The Morgan fingerprint density at radius 1 is 1.34 bits per heavy atom. The lowest BCUT2D eigenvalue weighted by Crippen LogP contribution is -2.36. The Labute approximate surface area is 168 Å². The van der Waals surface area contributed by atoms with Crippen LogP contribution in [0.5, 0.6) is 5.75 Å². The fourth-order valence-corrected chi connectivity index (χ4v) is 3.39. The van der Waals surface area contributed by atoms with Gasteiger partial charge >= 0.3 is 0 Å². The predicted molar refractivity (Wildman–Crippen MR) is 111 cm³/mol. The van der Waals surface area contributed by atoms with Crippen LogP contribution in [0.25, 0.3) is 10.9 Å². The van der Waals surface area contributed by atoms with E-state index in [1.54, 1.807) is 30.3 Å². The Balaban J connectivity index is 1.51. The summed E-state index contributed by atoms with van der Waals surface area (Å²) in [6, 6.07) is 7.70. The number of ether oxygens (including phenoxy) is 1. The van der Waals surface area contributed by atoms with Crippen molar-refractivity contribution in [1.82, 2.24) is 14.9 Å². The number of amides is 2. The Hall–Kier alpha value is -3.61. The van der Waals surface area contributed by atoms with Crippen LogP contribution in [0.3, 0.4) is 0 Å². The lowest BCUT2D eigenvalue weighted by atomic mass is 10.0. The maximum absolute atomic E-state index is 12.6. The number of benzene rings is 1. The molecule has 1 N–H and O–H groups in total. The zero-order valence-corrected chi connectivity index (χ0v) is 16.6. The number of nitrogens with zero attached hydrogens (tertiary/aromatic N) is 3. The Morgan fingerprint density at radius 2 is 2.17 bits per heavy atom. The minimum absolute atomic E-state index is 0.0811. The lowest BCUT2D eigenvalue weighted by Gasteiger charge is -2.25. The van der Waals surface area contributed by atoms with Gasteiger partial charge in [-0.3, -0.25) is 14.5 Å². The second-order valence-electron chi connectivity index (χ2n) is 7.18. The molecule has 3 aromatic rings. The van der Waals surface area contributed by atoms with E-state index in [-0.39, 0.29) is 18.4 Å². The third kappa shape index (κ3) is 3.59. The van der Waals surface area contributed by atoms with Crippen molar-refractivity contribution in [2.45, 2.75) is 20.4 Å². The van der Waals surface area contributed by atoms with Crippen LogP contribution in [-0.2, 0) is 16.1 Å². The molecule has 1 aliphatic heterocycles. The third-order valence-corrected chi connectivity index (χ3v) is 5.09. The maximum atomic E-state index is 12.6. The molecule has 29 heavy (non-hydrogen) atoms. The number of hydrogen-bond donors (Lipinski definition) is 1. The maximum Gasteiger partial charge on any atom is 0.270 e. The number of pyridine rings is 1.